The van der Waals surface area contributed by atoms with E-state index < -0.39 is 24.0 Å². The fourth-order valence-corrected chi connectivity index (χ4v) is 2.60. The van der Waals surface area contributed by atoms with Crippen molar-refractivity contribution in [3.63, 3.8) is 0 Å². The van der Waals surface area contributed by atoms with E-state index in [2.05, 4.69) is 20.1 Å². The Balaban J connectivity index is 4.38. The third-order valence-electron chi connectivity index (χ3n) is 4.43. The number of aliphatic hydroxyl groups is 2. The molecule has 0 spiro atoms. The molecule has 1 unspecified atom stereocenters. The van der Waals surface area contributed by atoms with Gasteiger partial charge < -0.3 is 19.7 Å². The molecule has 0 heterocycles. The molecule has 0 aromatic rings. The zero-order valence-electron chi connectivity index (χ0n) is 17.8. The maximum absolute atomic E-state index is 11.8. The van der Waals surface area contributed by atoms with Crippen LogP contribution in [0.1, 0.15) is 91.4 Å². The summed E-state index contributed by atoms with van der Waals surface area (Å²) in [5.41, 5.74) is 0.0203. The summed E-state index contributed by atoms with van der Waals surface area (Å²) in [6, 6.07) is 0. The van der Waals surface area contributed by atoms with Crippen LogP contribution in [-0.2, 0) is 19.1 Å². The van der Waals surface area contributed by atoms with Gasteiger partial charge in [-0.3, -0.25) is 0 Å². The second kappa shape index (κ2) is 14.4. The second-order valence-electron chi connectivity index (χ2n) is 7.46. The molecule has 6 heteroatoms. The van der Waals surface area contributed by atoms with Gasteiger partial charge in [-0.25, -0.2) is 9.59 Å². The number of carbonyl (C=O) groups excluding carboxylic acids is 2. The first kappa shape index (κ1) is 26.3. The largest absolute Gasteiger partial charge is 0.401 e. The lowest BCUT2D eigenvalue weighted by Gasteiger charge is -2.31. The quantitative estimate of drug-likeness (QED) is 0.172. The van der Waals surface area contributed by atoms with E-state index in [4.69, 9.17) is 9.47 Å². The third kappa shape index (κ3) is 11.2. The molecule has 0 amide bonds. The van der Waals surface area contributed by atoms with E-state index in [1.807, 2.05) is 0 Å². The molecule has 0 saturated carbocycles. The van der Waals surface area contributed by atoms with Crippen molar-refractivity contribution in [1.82, 2.24) is 0 Å². The molecule has 162 valence electrons. The summed E-state index contributed by atoms with van der Waals surface area (Å²) in [5.74, 6) is -4.68. The van der Waals surface area contributed by atoms with Gasteiger partial charge in [0, 0.05) is 11.1 Å². The van der Waals surface area contributed by atoms with E-state index in [-0.39, 0.29) is 17.6 Å². The van der Waals surface area contributed by atoms with Crippen molar-refractivity contribution >= 4 is 11.9 Å². The Kier molecular flexibility index (Phi) is 13.5. The molecule has 0 aliphatic heterocycles. The van der Waals surface area contributed by atoms with Gasteiger partial charge in [-0.2, -0.15) is 0 Å². The van der Waals surface area contributed by atoms with Crippen LogP contribution in [0.15, 0.2) is 24.3 Å². The first-order valence-electron chi connectivity index (χ1n) is 10.3. The molecule has 0 aliphatic rings. The number of ether oxygens (including phenoxy) is 2. The highest BCUT2D eigenvalue weighted by Crippen LogP contribution is 2.23. The lowest BCUT2D eigenvalue weighted by Crippen LogP contribution is -2.50. The molecule has 0 aromatic heterocycles. The number of aliphatic hydroxyl groups excluding tert-OH is 1. The van der Waals surface area contributed by atoms with E-state index in [1.54, 1.807) is 0 Å². The summed E-state index contributed by atoms with van der Waals surface area (Å²) in [5, 5.41) is 20.7. The Morgan fingerprint density at radius 3 is 1.54 bits per heavy atom. The molecule has 0 aromatic carbocycles. The van der Waals surface area contributed by atoms with Crippen molar-refractivity contribution in [3.05, 3.63) is 24.3 Å². The Morgan fingerprint density at radius 2 is 1.18 bits per heavy atom. The minimum Gasteiger partial charge on any atom is -0.393 e. The van der Waals surface area contributed by atoms with Crippen LogP contribution in [0.3, 0.4) is 0 Å². The van der Waals surface area contributed by atoms with Gasteiger partial charge >= 0.3 is 17.9 Å². The average molecular weight is 399 g/mol. The van der Waals surface area contributed by atoms with Gasteiger partial charge in [-0.15, -0.1) is 0 Å². The first-order valence-corrected chi connectivity index (χ1v) is 10.3. The molecule has 0 rings (SSSR count). The van der Waals surface area contributed by atoms with Gasteiger partial charge in [-0.1, -0.05) is 84.3 Å². The van der Waals surface area contributed by atoms with Gasteiger partial charge in [0.05, 0.1) is 0 Å². The Labute approximate surface area is 169 Å². The standard InChI is InChI=1S/C22H38O6/c1-6-7-8-9-10-11-12-13-14-15-16-19(23)22(26,27-20(24)17(2)3)28-21(25)18(4)5/h19,23,26H,2,4,6-16H2,1,3,5H3. The summed E-state index contributed by atoms with van der Waals surface area (Å²) < 4.78 is 9.61. The molecular weight excluding hydrogens is 360 g/mol. The predicted octanol–water partition coefficient (Wildman–Crippen LogP) is 4.54. The summed E-state index contributed by atoms with van der Waals surface area (Å²) in [6.07, 6.45) is 9.75. The van der Waals surface area contributed by atoms with Crippen molar-refractivity contribution in [2.45, 2.75) is 103 Å². The predicted molar refractivity (Wildman–Crippen MR) is 109 cm³/mol. The topological polar surface area (TPSA) is 93.1 Å². The van der Waals surface area contributed by atoms with Crippen LogP contribution in [0, 0.1) is 0 Å². The van der Waals surface area contributed by atoms with Gasteiger partial charge in [0.25, 0.3) is 0 Å². The highest BCUT2D eigenvalue weighted by atomic mass is 16.8. The van der Waals surface area contributed by atoms with Crippen molar-refractivity contribution in [1.29, 1.82) is 0 Å². The molecular formula is C22H38O6. The number of esters is 2. The van der Waals surface area contributed by atoms with Crippen LogP contribution in [0.5, 0.6) is 0 Å². The highest BCUT2D eigenvalue weighted by molar-refractivity contribution is 5.88. The SMILES string of the molecule is C=C(C)C(=O)OC(O)(OC(=O)C(=C)C)C(O)CCCCCCCCCCCC. The summed E-state index contributed by atoms with van der Waals surface area (Å²) >= 11 is 0. The minimum absolute atomic E-state index is 0.0101. The first-order chi connectivity index (χ1) is 13.1. The van der Waals surface area contributed by atoms with Crippen LogP contribution in [0.4, 0.5) is 0 Å². The third-order valence-corrected chi connectivity index (χ3v) is 4.43. The number of unbranched alkanes of at least 4 members (excludes halogenated alkanes) is 9. The Hall–Kier alpha value is -1.66. The molecule has 0 fully saturated rings. The van der Waals surface area contributed by atoms with Crippen LogP contribution in [-0.4, -0.2) is 34.2 Å². The van der Waals surface area contributed by atoms with Crippen LogP contribution in [0.2, 0.25) is 0 Å². The van der Waals surface area contributed by atoms with Crippen molar-refractivity contribution in [2.75, 3.05) is 0 Å². The summed E-state index contributed by atoms with van der Waals surface area (Å²) in [7, 11) is 0. The Morgan fingerprint density at radius 1 is 0.821 bits per heavy atom. The zero-order chi connectivity index (χ0) is 21.6. The summed E-state index contributed by atoms with van der Waals surface area (Å²) in [6.45, 7) is 11.8. The lowest BCUT2D eigenvalue weighted by atomic mass is 10.0. The van der Waals surface area contributed by atoms with Crippen LogP contribution >= 0.6 is 0 Å². The molecule has 0 bridgehead atoms. The van der Waals surface area contributed by atoms with Gasteiger partial charge in [-0.05, 0) is 20.3 Å². The van der Waals surface area contributed by atoms with Crippen molar-refractivity contribution in [2.24, 2.45) is 0 Å². The van der Waals surface area contributed by atoms with E-state index in [0.717, 1.165) is 19.3 Å². The van der Waals surface area contributed by atoms with Crippen LogP contribution < -0.4 is 0 Å². The molecule has 1 atom stereocenters. The second-order valence-corrected chi connectivity index (χ2v) is 7.46. The van der Waals surface area contributed by atoms with Gasteiger partial charge in [0.2, 0.25) is 0 Å². The molecule has 0 aliphatic carbocycles. The van der Waals surface area contributed by atoms with Gasteiger partial charge in [0.1, 0.15) is 0 Å². The fourth-order valence-electron chi connectivity index (χ4n) is 2.60. The smallest absolute Gasteiger partial charge is 0.393 e. The fraction of sp³-hybridized carbons (Fsp3) is 0.727. The van der Waals surface area contributed by atoms with E-state index in [1.165, 1.54) is 52.4 Å². The maximum Gasteiger partial charge on any atom is 0.401 e. The zero-order valence-corrected chi connectivity index (χ0v) is 17.8. The minimum atomic E-state index is -2.76. The van der Waals surface area contributed by atoms with E-state index >= 15 is 0 Å². The van der Waals surface area contributed by atoms with Crippen molar-refractivity contribution in [3.8, 4) is 0 Å². The monoisotopic (exact) mass is 398 g/mol. The number of hydrogen-bond acceptors (Lipinski definition) is 6. The summed E-state index contributed by atoms with van der Waals surface area (Å²) in [4.78, 5) is 23.5. The lowest BCUT2D eigenvalue weighted by molar-refractivity contribution is -0.359. The molecule has 2 N–H and O–H groups in total. The number of hydrogen-bond donors (Lipinski definition) is 2. The molecule has 0 saturated heterocycles. The van der Waals surface area contributed by atoms with E-state index in [9.17, 15) is 19.8 Å². The maximum atomic E-state index is 11.8. The average Bonchev–Trinajstić information content (AvgIpc) is 2.62. The van der Waals surface area contributed by atoms with Crippen LogP contribution in [0.25, 0.3) is 0 Å². The van der Waals surface area contributed by atoms with Gasteiger partial charge in [0.15, 0.2) is 6.10 Å². The molecule has 28 heavy (non-hydrogen) atoms. The highest BCUT2D eigenvalue weighted by Gasteiger charge is 2.44. The number of rotatable bonds is 16. The molecule has 6 nitrogen and oxygen atoms in total. The van der Waals surface area contributed by atoms with E-state index in [0.29, 0.717) is 6.42 Å². The normalized spacial score (nSPS) is 12.3. The molecule has 0 radical (unpaired) electrons. The van der Waals surface area contributed by atoms with Crippen molar-refractivity contribution < 1.29 is 29.3 Å². The number of carbonyl (C=O) groups is 2. The Bertz CT molecular complexity index is 483.